The Labute approximate surface area is 176 Å². The average molecular weight is 429 g/mol. The van der Waals surface area contributed by atoms with Gasteiger partial charge in [-0.25, -0.2) is 4.68 Å². The molecule has 10 heteroatoms. The van der Waals surface area contributed by atoms with Crippen LogP contribution in [0.15, 0.2) is 46.9 Å². The summed E-state index contributed by atoms with van der Waals surface area (Å²) in [4.78, 5) is 28.3. The molecule has 8 nitrogen and oxygen atoms in total. The zero-order valence-corrected chi connectivity index (χ0v) is 17.4. The van der Waals surface area contributed by atoms with E-state index in [1.54, 1.807) is 42.6 Å². The molecule has 1 aliphatic rings. The summed E-state index contributed by atoms with van der Waals surface area (Å²) >= 11 is 2.95. The Hall–Kier alpha value is -2.72. The van der Waals surface area contributed by atoms with E-state index in [1.807, 2.05) is 16.3 Å². The second-order valence-electron chi connectivity index (χ2n) is 6.67. The largest absolute Gasteiger partial charge is 0.331 e. The number of amides is 2. The number of hydrogen-bond donors (Lipinski definition) is 1. The third kappa shape index (κ3) is 4.48. The van der Waals surface area contributed by atoms with Gasteiger partial charge in [-0.2, -0.15) is 0 Å². The number of carbonyl (C=O) groups excluding carboxylic acids is 2. The minimum Gasteiger partial charge on any atom is -0.331 e. The summed E-state index contributed by atoms with van der Waals surface area (Å²) in [5.41, 5.74) is 1.28. The molecule has 1 atom stereocenters. The summed E-state index contributed by atoms with van der Waals surface area (Å²) < 4.78 is 1.51. The lowest BCUT2D eigenvalue weighted by Gasteiger charge is -2.24. The molecule has 3 aromatic rings. The van der Waals surface area contributed by atoms with Crippen molar-refractivity contribution in [2.45, 2.75) is 24.0 Å². The number of nitrogens with zero attached hydrogens (tertiary/aromatic N) is 5. The molecule has 2 amide bonds. The lowest BCUT2D eigenvalue weighted by Crippen LogP contribution is -2.30. The Morgan fingerprint density at radius 3 is 2.79 bits per heavy atom. The van der Waals surface area contributed by atoms with Crippen molar-refractivity contribution < 1.29 is 9.59 Å². The molecule has 0 aliphatic carbocycles. The van der Waals surface area contributed by atoms with E-state index in [-0.39, 0.29) is 23.6 Å². The number of aryl methyl sites for hydroxylation is 1. The van der Waals surface area contributed by atoms with Gasteiger partial charge in [-0.1, -0.05) is 17.8 Å². The van der Waals surface area contributed by atoms with Crippen LogP contribution in [0.3, 0.4) is 0 Å². The van der Waals surface area contributed by atoms with Crippen LogP contribution in [0.4, 0.5) is 5.69 Å². The summed E-state index contributed by atoms with van der Waals surface area (Å²) in [7, 11) is 1.72. The van der Waals surface area contributed by atoms with Crippen molar-refractivity contribution in [1.29, 1.82) is 0 Å². The highest BCUT2D eigenvalue weighted by Gasteiger charge is 2.31. The van der Waals surface area contributed by atoms with Crippen LogP contribution in [-0.4, -0.2) is 49.2 Å². The fourth-order valence-corrected chi connectivity index (χ4v) is 4.84. The summed E-state index contributed by atoms with van der Waals surface area (Å²) in [6.45, 7) is 0.772. The first kappa shape index (κ1) is 19.6. The number of anilines is 1. The Bertz CT molecular complexity index is 987. The van der Waals surface area contributed by atoms with Crippen LogP contribution in [0, 0.1) is 0 Å². The maximum Gasteiger partial charge on any atom is 0.254 e. The average Bonchev–Trinajstić information content (AvgIpc) is 3.48. The number of benzene rings is 1. The summed E-state index contributed by atoms with van der Waals surface area (Å²) in [6.07, 6.45) is 2.01. The van der Waals surface area contributed by atoms with Gasteiger partial charge in [0.1, 0.15) is 0 Å². The number of thiophene rings is 1. The van der Waals surface area contributed by atoms with Crippen LogP contribution in [0.25, 0.3) is 0 Å². The molecule has 0 spiro atoms. The maximum atomic E-state index is 13.0. The minimum absolute atomic E-state index is 0.0316. The van der Waals surface area contributed by atoms with Gasteiger partial charge < -0.3 is 10.2 Å². The Kier molecular flexibility index (Phi) is 5.91. The SMILES string of the molecule is Cn1nnnc1SCC(=O)Nc1ccc(C(=O)N2CCC[C@H]2c2cccs2)cc1. The van der Waals surface area contributed by atoms with Crippen molar-refractivity contribution >= 4 is 40.6 Å². The zero-order valence-electron chi connectivity index (χ0n) is 15.8. The highest BCUT2D eigenvalue weighted by atomic mass is 32.2. The third-order valence-corrected chi connectivity index (χ3v) is 6.70. The molecule has 1 saturated heterocycles. The number of aromatic nitrogens is 4. The number of carbonyl (C=O) groups is 2. The van der Waals surface area contributed by atoms with Gasteiger partial charge in [0.25, 0.3) is 5.91 Å². The summed E-state index contributed by atoms with van der Waals surface area (Å²) in [5.74, 6) is 0.0732. The molecule has 2 aromatic heterocycles. The van der Waals surface area contributed by atoms with Crippen molar-refractivity contribution in [3.8, 4) is 0 Å². The molecule has 150 valence electrons. The van der Waals surface area contributed by atoms with Gasteiger partial charge in [-0.15, -0.1) is 16.4 Å². The highest BCUT2D eigenvalue weighted by molar-refractivity contribution is 7.99. The molecular formula is C19H20N6O2S2. The molecule has 0 bridgehead atoms. The molecule has 3 heterocycles. The van der Waals surface area contributed by atoms with Gasteiger partial charge in [-0.05, 0) is 59.0 Å². The maximum absolute atomic E-state index is 13.0. The van der Waals surface area contributed by atoms with Crippen LogP contribution in [0.1, 0.15) is 34.1 Å². The van der Waals surface area contributed by atoms with Crippen molar-refractivity contribution in [3.05, 3.63) is 52.2 Å². The molecule has 1 aromatic carbocycles. The lowest BCUT2D eigenvalue weighted by molar-refractivity contribution is -0.113. The van der Waals surface area contributed by atoms with Crippen LogP contribution in [0.5, 0.6) is 0 Å². The second kappa shape index (κ2) is 8.75. The van der Waals surface area contributed by atoms with E-state index in [4.69, 9.17) is 0 Å². The third-order valence-electron chi connectivity index (χ3n) is 4.71. The smallest absolute Gasteiger partial charge is 0.254 e. The van der Waals surface area contributed by atoms with Crippen LogP contribution >= 0.6 is 23.1 Å². The van der Waals surface area contributed by atoms with E-state index in [1.165, 1.54) is 21.3 Å². The number of tetrazole rings is 1. The Morgan fingerprint density at radius 2 is 2.10 bits per heavy atom. The van der Waals surface area contributed by atoms with Crippen molar-refractivity contribution in [3.63, 3.8) is 0 Å². The fourth-order valence-electron chi connectivity index (χ4n) is 3.32. The van der Waals surface area contributed by atoms with Gasteiger partial charge in [0, 0.05) is 29.7 Å². The van der Waals surface area contributed by atoms with Crippen molar-refractivity contribution in [1.82, 2.24) is 25.1 Å². The number of nitrogens with one attached hydrogen (secondary N) is 1. The highest BCUT2D eigenvalue weighted by Crippen LogP contribution is 2.35. The number of thioether (sulfide) groups is 1. The van der Waals surface area contributed by atoms with E-state index in [0.29, 0.717) is 16.4 Å². The zero-order chi connectivity index (χ0) is 20.2. The molecule has 4 rings (SSSR count). The van der Waals surface area contributed by atoms with Crippen molar-refractivity contribution in [2.75, 3.05) is 17.6 Å². The van der Waals surface area contributed by atoms with Gasteiger partial charge in [0.2, 0.25) is 11.1 Å². The predicted molar refractivity (Wildman–Crippen MR) is 112 cm³/mol. The molecule has 1 N–H and O–H groups in total. The normalized spacial score (nSPS) is 16.2. The number of likely N-dealkylation sites (tertiary alicyclic amines) is 1. The second-order valence-corrected chi connectivity index (χ2v) is 8.59. The van der Waals surface area contributed by atoms with Crippen LogP contribution in [-0.2, 0) is 11.8 Å². The number of hydrogen-bond acceptors (Lipinski definition) is 7. The number of rotatable bonds is 6. The van der Waals surface area contributed by atoms with Gasteiger partial charge >= 0.3 is 0 Å². The first-order valence-electron chi connectivity index (χ1n) is 9.21. The topological polar surface area (TPSA) is 93.0 Å². The monoisotopic (exact) mass is 428 g/mol. The van der Waals surface area contributed by atoms with Crippen molar-refractivity contribution in [2.24, 2.45) is 7.05 Å². The summed E-state index contributed by atoms with van der Waals surface area (Å²) in [6, 6.07) is 11.3. The first-order valence-corrected chi connectivity index (χ1v) is 11.1. The fraction of sp³-hybridized carbons (Fsp3) is 0.316. The van der Waals surface area contributed by atoms with E-state index in [9.17, 15) is 9.59 Å². The van der Waals surface area contributed by atoms with Gasteiger partial charge in [-0.3, -0.25) is 9.59 Å². The summed E-state index contributed by atoms with van der Waals surface area (Å²) in [5, 5.41) is 16.6. The van der Waals surface area contributed by atoms with E-state index < -0.39 is 0 Å². The van der Waals surface area contributed by atoms with Gasteiger partial charge in [0.05, 0.1) is 11.8 Å². The van der Waals surface area contributed by atoms with Crippen LogP contribution < -0.4 is 5.32 Å². The first-order chi connectivity index (χ1) is 14.1. The van der Waals surface area contributed by atoms with Crippen LogP contribution in [0.2, 0.25) is 0 Å². The predicted octanol–water partition coefficient (Wildman–Crippen LogP) is 2.98. The molecule has 0 saturated carbocycles. The molecule has 0 radical (unpaired) electrons. The van der Waals surface area contributed by atoms with E-state index >= 15 is 0 Å². The molecule has 1 fully saturated rings. The molecule has 29 heavy (non-hydrogen) atoms. The molecule has 1 aliphatic heterocycles. The Morgan fingerprint density at radius 1 is 1.28 bits per heavy atom. The quantitative estimate of drug-likeness (QED) is 0.607. The minimum atomic E-state index is -0.158. The molecule has 0 unspecified atom stereocenters. The standard InChI is InChI=1S/C19H20N6O2S2/c1-24-19(21-22-23-24)29-12-17(26)20-14-8-6-13(7-9-14)18(27)25-10-2-4-15(25)16-5-3-11-28-16/h3,5-9,11,15H,2,4,10,12H2,1H3,(H,20,26)/t15-/m0/s1. The van der Waals surface area contributed by atoms with E-state index in [2.05, 4.69) is 26.9 Å². The molecular weight excluding hydrogens is 408 g/mol. The lowest BCUT2D eigenvalue weighted by atomic mass is 10.1. The van der Waals surface area contributed by atoms with Gasteiger partial charge in [0.15, 0.2) is 0 Å². The van der Waals surface area contributed by atoms with E-state index in [0.717, 1.165) is 19.4 Å². The Balaban J connectivity index is 1.35.